The van der Waals surface area contributed by atoms with Crippen molar-refractivity contribution in [2.45, 2.75) is 6.92 Å². The van der Waals surface area contributed by atoms with E-state index in [-0.39, 0.29) is 16.9 Å². The van der Waals surface area contributed by atoms with Crippen LogP contribution < -0.4 is 10.6 Å². The summed E-state index contributed by atoms with van der Waals surface area (Å²) in [5.41, 5.74) is -0.262. The lowest BCUT2D eigenvalue weighted by Gasteiger charge is -2.12. The Bertz CT molecular complexity index is 674. The van der Waals surface area contributed by atoms with Crippen LogP contribution in [0.1, 0.15) is 17.3 Å². The molecule has 0 spiro atoms. The van der Waals surface area contributed by atoms with Crippen molar-refractivity contribution in [3.8, 4) is 0 Å². The van der Waals surface area contributed by atoms with Crippen LogP contribution >= 0.6 is 0 Å². The Kier molecular flexibility index (Phi) is 4.47. The molecule has 6 heteroatoms. The Labute approximate surface area is 119 Å². The van der Waals surface area contributed by atoms with Gasteiger partial charge in [-0.1, -0.05) is 12.1 Å². The highest BCUT2D eigenvalue weighted by Crippen LogP contribution is 2.22. The molecule has 2 aromatic carbocycles. The maximum Gasteiger partial charge on any atom is 0.257 e. The van der Waals surface area contributed by atoms with Crippen LogP contribution in [0.4, 0.5) is 24.5 Å². The van der Waals surface area contributed by atoms with Crippen LogP contribution in [-0.2, 0) is 0 Å². The number of benzene rings is 2. The van der Waals surface area contributed by atoms with Gasteiger partial charge < -0.3 is 10.6 Å². The molecule has 0 atom stereocenters. The molecule has 0 saturated heterocycles. The van der Waals surface area contributed by atoms with E-state index in [1.54, 1.807) is 6.92 Å². The summed E-state index contributed by atoms with van der Waals surface area (Å²) >= 11 is 0. The summed E-state index contributed by atoms with van der Waals surface area (Å²) in [4.78, 5) is 12.1. The van der Waals surface area contributed by atoms with Crippen molar-refractivity contribution in [3.05, 3.63) is 59.4 Å². The topological polar surface area (TPSA) is 41.1 Å². The number of nitrogens with one attached hydrogen (secondary N) is 2. The van der Waals surface area contributed by atoms with Gasteiger partial charge in [-0.2, -0.15) is 0 Å². The molecule has 0 fully saturated rings. The Morgan fingerprint density at radius 1 is 1.05 bits per heavy atom. The number of para-hydroxylation sites is 1. The van der Waals surface area contributed by atoms with Crippen LogP contribution in [0.15, 0.2) is 36.4 Å². The first-order valence-electron chi connectivity index (χ1n) is 6.32. The highest BCUT2D eigenvalue weighted by molar-refractivity contribution is 6.08. The molecule has 2 N–H and O–H groups in total. The molecule has 0 aliphatic heterocycles. The van der Waals surface area contributed by atoms with Gasteiger partial charge in [-0.25, -0.2) is 13.2 Å². The predicted molar refractivity (Wildman–Crippen MR) is 74.9 cm³/mol. The molecular weight excluding hydrogens is 281 g/mol. The van der Waals surface area contributed by atoms with Crippen molar-refractivity contribution in [3.63, 3.8) is 0 Å². The molecule has 0 bridgehead atoms. The summed E-state index contributed by atoms with van der Waals surface area (Å²) in [5, 5.41) is 4.97. The minimum Gasteiger partial charge on any atom is -0.382 e. The van der Waals surface area contributed by atoms with Crippen molar-refractivity contribution in [1.82, 2.24) is 0 Å². The fourth-order valence-electron chi connectivity index (χ4n) is 1.86. The van der Waals surface area contributed by atoms with Gasteiger partial charge in [0.05, 0.1) is 16.9 Å². The summed E-state index contributed by atoms with van der Waals surface area (Å²) < 4.78 is 40.3. The molecule has 0 heterocycles. The summed E-state index contributed by atoms with van der Waals surface area (Å²) in [6.07, 6.45) is 0. The third-order valence-corrected chi connectivity index (χ3v) is 2.81. The third-order valence-electron chi connectivity index (χ3n) is 2.81. The molecule has 0 aromatic heterocycles. The van der Waals surface area contributed by atoms with E-state index in [0.29, 0.717) is 6.54 Å². The van der Waals surface area contributed by atoms with Gasteiger partial charge in [0.15, 0.2) is 11.6 Å². The summed E-state index contributed by atoms with van der Waals surface area (Å²) in [5.74, 6) is -3.55. The molecular formula is C15H13F3N2O. The first-order valence-corrected chi connectivity index (χ1v) is 6.32. The smallest absolute Gasteiger partial charge is 0.257 e. The largest absolute Gasteiger partial charge is 0.382 e. The molecule has 3 nitrogen and oxygen atoms in total. The van der Waals surface area contributed by atoms with Crippen molar-refractivity contribution in [2.75, 3.05) is 17.2 Å². The lowest BCUT2D eigenvalue weighted by Crippen LogP contribution is -2.16. The number of rotatable bonds is 4. The number of halogens is 3. The van der Waals surface area contributed by atoms with Crippen LogP contribution in [0.5, 0.6) is 0 Å². The fourth-order valence-corrected chi connectivity index (χ4v) is 1.86. The Balaban J connectivity index is 2.33. The number of carbonyl (C=O) groups excluding carboxylic acids is 1. The van der Waals surface area contributed by atoms with Crippen molar-refractivity contribution < 1.29 is 18.0 Å². The molecule has 1 amide bonds. The lowest BCUT2D eigenvalue weighted by molar-refractivity contribution is 0.102. The number of hydrogen-bond donors (Lipinski definition) is 2. The Hall–Kier alpha value is -2.50. The van der Waals surface area contributed by atoms with E-state index < -0.39 is 23.4 Å². The van der Waals surface area contributed by atoms with Gasteiger partial charge in [-0.15, -0.1) is 0 Å². The molecule has 21 heavy (non-hydrogen) atoms. The fraction of sp³-hybridized carbons (Fsp3) is 0.133. The van der Waals surface area contributed by atoms with Gasteiger partial charge in [0, 0.05) is 6.54 Å². The molecule has 0 unspecified atom stereocenters. The van der Waals surface area contributed by atoms with E-state index in [0.717, 1.165) is 6.07 Å². The van der Waals surface area contributed by atoms with Crippen molar-refractivity contribution in [1.29, 1.82) is 0 Å². The predicted octanol–water partition coefficient (Wildman–Crippen LogP) is 3.79. The van der Waals surface area contributed by atoms with Crippen LogP contribution in [0, 0.1) is 17.5 Å². The highest BCUT2D eigenvalue weighted by Gasteiger charge is 2.17. The van der Waals surface area contributed by atoms with Gasteiger partial charge in [0.2, 0.25) is 0 Å². The number of amides is 1. The second kappa shape index (κ2) is 6.30. The van der Waals surface area contributed by atoms with Crippen LogP contribution in [0.25, 0.3) is 0 Å². The second-order valence-corrected chi connectivity index (χ2v) is 4.25. The monoisotopic (exact) mass is 294 g/mol. The molecule has 0 saturated carbocycles. The maximum atomic E-state index is 13.7. The number of anilines is 2. The summed E-state index contributed by atoms with van der Waals surface area (Å²) in [7, 11) is 0. The quantitative estimate of drug-likeness (QED) is 0.900. The van der Waals surface area contributed by atoms with Gasteiger partial charge in [0.1, 0.15) is 5.82 Å². The van der Waals surface area contributed by atoms with Gasteiger partial charge in [-0.3, -0.25) is 4.79 Å². The summed E-state index contributed by atoms with van der Waals surface area (Å²) in [6, 6.07) is 7.41. The van der Waals surface area contributed by atoms with E-state index >= 15 is 0 Å². The minimum atomic E-state index is -1.16. The summed E-state index contributed by atoms with van der Waals surface area (Å²) in [6.45, 7) is 2.16. The van der Waals surface area contributed by atoms with Gasteiger partial charge in [-0.05, 0) is 31.2 Å². The van der Waals surface area contributed by atoms with Crippen LogP contribution in [0.3, 0.4) is 0 Å². The third kappa shape index (κ3) is 3.16. The zero-order valence-corrected chi connectivity index (χ0v) is 11.2. The molecule has 2 aromatic rings. The van der Waals surface area contributed by atoms with Crippen LogP contribution in [0.2, 0.25) is 0 Å². The first kappa shape index (κ1) is 14.9. The average molecular weight is 294 g/mol. The van der Waals surface area contributed by atoms with Crippen LogP contribution in [-0.4, -0.2) is 12.5 Å². The Morgan fingerprint density at radius 2 is 1.71 bits per heavy atom. The molecule has 2 rings (SSSR count). The molecule has 0 aliphatic rings. The zero-order chi connectivity index (χ0) is 15.4. The molecule has 0 radical (unpaired) electrons. The normalized spacial score (nSPS) is 10.3. The van der Waals surface area contributed by atoms with Gasteiger partial charge >= 0.3 is 0 Å². The lowest BCUT2D eigenvalue weighted by atomic mass is 10.1. The van der Waals surface area contributed by atoms with E-state index in [1.165, 1.54) is 30.3 Å². The standard InChI is InChI=1S/C15H13F3N2O/c1-2-19-14-9(5-3-7-11(14)17)15(21)20-12-8-4-6-10(16)13(12)18/h3-8,19H,2H2,1H3,(H,20,21). The number of hydrogen-bond acceptors (Lipinski definition) is 2. The minimum absolute atomic E-state index is 0.0144. The van der Waals surface area contributed by atoms with Crippen molar-refractivity contribution >= 4 is 17.3 Å². The van der Waals surface area contributed by atoms with E-state index in [1.807, 2.05) is 0 Å². The van der Waals surface area contributed by atoms with E-state index in [9.17, 15) is 18.0 Å². The maximum absolute atomic E-state index is 13.7. The molecule has 110 valence electrons. The zero-order valence-electron chi connectivity index (χ0n) is 11.2. The van der Waals surface area contributed by atoms with E-state index in [2.05, 4.69) is 10.6 Å². The first-order chi connectivity index (χ1) is 10.0. The SMILES string of the molecule is CCNc1c(F)cccc1C(=O)Nc1cccc(F)c1F. The highest BCUT2D eigenvalue weighted by atomic mass is 19.2. The van der Waals surface area contributed by atoms with Gasteiger partial charge in [0.25, 0.3) is 5.91 Å². The Morgan fingerprint density at radius 3 is 2.43 bits per heavy atom. The van der Waals surface area contributed by atoms with Crippen molar-refractivity contribution in [2.24, 2.45) is 0 Å². The second-order valence-electron chi connectivity index (χ2n) is 4.25. The van der Waals surface area contributed by atoms with E-state index in [4.69, 9.17) is 0 Å². The number of carbonyl (C=O) groups is 1. The average Bonchev–Trinajstić information content (AvgIpc) is 2.46. The molecule has 0 aliphatic carbocycles.